The third kappa shape index (κ3) is 5.28. The minimum absolute atomic E-state index is 0.236. The van der Waals surface area contributed by atoms with Gasteiger partial charge in [0.2, 0.25) is 5.91 Å². The summed E-state index contributed by atoms with van der Waals surface area (Å²) in [7, 11) is 0. The predicted molar refractivity (Wildman–Crippen MR) is 88.3 cm³/mol. The first kappa shape index (κ1) is 16.8. The summed E-state index contributed by atoms with van der Waals surface area (Å²) < 4.78 is 0. The number of nitrogens with zero attached hydrogens (tertiary/aromatic N) is 1. The predicted octanol–water partition coefficient (Wildman–Crippen LogP) is 3.73. The van der Waals surface area contributed by atoms with Crippen molar-refractivity contribution >= 4 is 5.91 Å². The molecule has 0 aromatic heterocycles. The van der Waals surface area contributed by atoms with Gasteiger partial charge in [-0.15, -0.1) is 0 Å². The van der Waals surface area contributed by atoms with Crippen molar-refractivity contribution in [3.8, 4) is 0 Å². The van der Waals surface area contributed by atoms with Crippen LogP contribution in [0, 0.1) is 5.41 Å². The van der Waals surface area contributed by atoms with Crippen molar-refractivity contribution in [1.82, 2.24) is 10.2 Å². The molecule has 3 heteroatoms. The summed E-state index contributed by atoms with van der Waals surface area (Å²) in [5.41, 5.74) is -0.236. The van der Waals surface area contributed by atoms with Gasteiger partial charge in [0, 0.05) is 30.6 Å². The van der Waals surface area contributed by atoms with Gasteiger partial charge in [0.25, 0.3) is 0 Å². The summed E-state index contributed by atoms with van der Waals surface area (Å²) >= 11 is 0. The summed E-state index contributed by atoms with van der Waals surface area (Å²) in [4.78, 5) is 14.4. The first-order valence-corrected chi connectivity index (χ1v) is 9.02. The number of amides is 1. The lowest BCUT2D eigenvalue weighted by molar-refractivity contribution is -0.140. The molecule has 0 bridgehead atoms. The van der Waals surface area contributed by atoms with Crippen molar-refractivity contribution in [2.45, 2.75) is 90.6 Å². The Morgan fingerprint density at radius 1 is 0.857 bits per heavy atom. The lowest BCUT2D eigenvalue weighted by Crippen LogP contribution is -2.50. The maximum absolute atomic E-state index is 12.3. The van der Waals surface area contributed by atoms with E-state index in [0.29, 0.717) is 11.9 Å². The molecule has 0 spiro atoms. The summed E-state index contributed by atoms with van der Waals surface area (Å²) in [6.45, 7) is 7.93. The molecule has 1 amide bonds. The van der Waals surface area contributed by atoms with Gasteiger partial charge in [0.1, 0.15) is 0 Å². The van der Waals surface area contributed by atoms with Gasteiger partial charge in [-0.1, -0.05) is 52.9 Å². The van der Waals surface area contributed by atoms with Gasteiger partial charge in [-0.25, -0.2) is 0 Å². The van der Waals surface area contributed by atoms with Crippen molar-refractivity contribution in [3.05, 3.63) is 0 Å². The summed E-state index contributed by atoms with van der Waals surface area (Å²) in [6.07, 6.45) is 12.0. The Balaban J connectivity index is 1.74. The minimum Gasteiger partial charge on any atom is -0.342 e. The molecule has 0 atom stereocenters. The van der Waals surface area contributed by atoms with Gasteiger partial charge in [-0.3, -0.25) is 4.79 Å². The molecule has 0 aromatic carbocycles. The first-order valence-electron chi connectivity index (χ1n) is 9.02. The molecule has 1 aliphatic carbocycles. The largest absolute Gasteiger partial charge is 0.342 e. The molecule has 1 saturated carbocycles. The maximum Gasteiger partial charge on any atom is 0.227 e. The fourth-order valence-corrected chi connectivity index (χ4v) is 3.68. The zero-order chi connectivity index (χ0) is 15.3. The lowest BCUT2D eigenvalue weighted by Gasteiger charge is -2.37. The molecule has 2 aliphatic rings. The Labute approximate surface area is 130 Å². The number of piperidine rings is 1. The topological polar surface area (TPSA) is 32.3 Å². The van der Waals surface area contributed by atoms with Crippen molar-refractivity contribution in [2.24, 2.45) is 5.41 Å². The number of hydrogen-bond donors (Lipinski definition) is 1. The third-order valence-electron chi connectivity index (χ3n) is 5.00. The fourth-order valence-electron chi connectivity index (χ4n) is 3.68. The van der Waals surface area contributed by atoms with Crippen LogP contribution < -0.4 is 5.32 Å². The molecule has 3 nitrogen and oxygen atoms in total. The van der Waals surface area contributed by atoms with Crippen molar-refractivity contribution in [3.63, 3.8) is 0 Å². The molecular formula is C18H34N2O. The fraction of sp³-hybridized carbons (Fsp3) is 0.944. The molecule has 122 valence electrons. The van der Waals surface area contributed by atoms with Gasteiger partial charge in [-0.2, -0.15) is 0 Å². The van der Waals surface area contributed by atoms with E-state index in [2.05, 4.69) is 10.2 Å². The van der Waals surface area contributed by atoms with E-state index in [4.69, 9.17) is 0 Å². The summed E-state index contributed by atoms with van der Waals surface area (Å²) in [5, 5.41) is 3.89. The molecule has 0 radical (unpaired) electrons. The zero-order valence-electron chi connectivity index (χ0n) is 14.3. The van der Waals surface area contributed by atoms with E-state index in [1.54, 1.807) is 0 Å². The average molecular weight is 294 g/mol. The van der Waals surface area contributed by atoms with Gasteiger partial charge in [0.15, 0.2) is 0 Å². The Morgan fingerprint density at radius 3 is 1.86 bits per heavy atom. The van der Waals surface area contributed by atoms with Crippen LogP contribution in [0.4, 0.5) is 0 Å². The second-order valence-electron chi connectivity index (χ2n) is 8.03. The molecule has 1 aliphatic heterocycles. The Bertz CT molecular complexity index is 319. The number of hydrogen-bond acceptors (Lipinski definition) is 2. The standard InChI is InChI=1S/C18H34N2O/c1-18(2,3)17(21)20-13-11-16(12-14-20)19-15-9-7-5-4-6-8-10-15/h15-16,19H,4-14H2,1-3H3. The third-order valence-corrected chi connectivity index (χ3v) is 5.00. The van der Waals surface area contributed by atoms with E-state index in [1.165, 1.54) is 44.9 Å². The molecule has 0 aromatic rings. The smallest absolute Gasteiger partial charge is 0.227 e. The van der Waals surface area contributed by atoms with Crippen LogP contribution in [0.3, 0.4) is 0 Å². The molecule has 0 unspecified atom stereocenters. The number of nitrogens with one attached hydrogen (secondary N) is 1. The highest BCUT2D eigenvalue weighted by Crippen LogP contribution is 2.23. The minimum atomic E-state index is -0.236. The van der Waals surface area contributed by atoms with Crippen molar-refractivity contribution in [1.29, 1.82) is 0 Å². The lowest BCUT2D eigenvalue weighted by atomic mass is 9.92. The van der Waals surface area contributed by atoms with Crippen LogP contribution in [0.5, 0.6) is 0 Å². The quantitative estimate of drug-likeness (QED) is 0.841. The molecule has 2 fully saturated rings. The maximum atomic E-state index is 12.3. The molecule has 1 heterocycles. The zero-order valence-corrected chi connectivity index (χ0v) is 14.3. The monoisotopic (exact) mass is 294 g/mol. The highest BCUT2D eigenvalue weighted by molar-refractivity contribution is 5.81. The first-order chi connectivity index (χ1) is 9.97. The highest BCUT2D eigenvalue weighted by atomic mass is 16.2. The molecule has 1 saturated heterocycles. The van der Waals surface area contributed by atoms with Crippen molar-refractivity contribution in [2.75, 3.05) is 13.1 Å². The van der Waals surface area contributed by atoms with E-state index < -0.39 is 0 Å². The van der Waals surface area contributed by atoms with Crippen LogP contribution >= 0.6 is 0 Å². The summed E-state index contributed by atoms with van der Waals surface area (Å²) in [6, 6.07) is 1.35. The second-order valence-corrected chi connectivity index (χ2v) is 8.03. The second kappa shape index (κ2) is 7.62. The number of rotatable bonds is 2. The van der Waals surface area contributed by atoms with E-state index in [1.807, 2.05) is 20.8 Å². The van der Waals surface area contributed by atoms with Gasteiger partial charge >= 0.3 is 0 Å². The van der Waals surface area contributed by atoms with Crippen LogP contribution in [0.2, 0.25) is 0 Å². The van der Waals surface area contributed by atoms with Gasteiger partial charge < -0.3 is 10.2 Å². The van der Waals surface area contributed by atoms with E-state index in [9.17, 15) is 4.79 Å². The number of carbonyl (C=O) groups is 1. The Morgan fingerprint density at radius 2 is 1.33 bits per heavy atom. The van der Waals surface area contributed by atoms with Gasteiger partial charge in [0.05, 0.1) is 0 Å². The summed E-state index contributed by atoms with van der Waals surface area (Å²) in [5.74, 6) is 0.312. The van der Waals surface area contributed by atoms with E-state index >= 15 is 0 Å². The average Bonchev–Trinajstić information content (AvgIpc) is 2.41. The molecule has 1 N–H and O–H groups in total. The molecule has 2 rings (SSSR count). The molecule has 21 heavy (non-hydrogen) atoms. The number of carbonyl (C=O) groups excluding carboxylic acids is 1. The van der Waals surface area contributed by atoms with Crippen LogP contribution in [-0.2, 0) is 4.79 Å². The van der Waals surface area contributed by atoms with Crippen molar-refractivity contribution < 1.29 is 4.79 Å². The van der Waals surface area contributed by atoms with Gasteiger partial charge in [-0.05, 0) is 25.7 Å². The van der Waals surface area contributed by atoms with Crippen LogP contribution in [0.25, 0.3) is 0 Å². The van der Waals surface area contributed by atoms with Crippen LogP contribution in [0.1, 0.15) is 78.6 Å². The Hall–Kier alpha value is -0.570. The normalized spacial score (nSPS) is 23.7. The Kier molecular flexibility index (Phi) is 6.09. The SMILES string of the molecule is CC(C)(C)C(=O)N1CCC(NC2CCCCCCC2)CC1. The van der Waals surface area contributed by atoms with Crippen LogP contribution in [-0.4, -0.2) is 36.0 Å². The van der Waals surface area contributed by atoms with E-state index in [0.717, 1.165) is 32.0 Å². The highest BCUT2D eigenvalue weighted by Gasteiger charge is 2.30. The van der Waals surface area contributed by atoms with Crippen LogP contribution in [0.15, 0.2) is 0 Å². The molecular weight excluding hydrogens is 260 g/mol. The number of likely N-dealkylation sites (tertiary alicyclic amines) is 1. The van der Waals surface area contributed by atoms with E-state index in [-0.39, 0.29) is 5.41 Å².